The van der Waals surface area contributed by atoms with Gasteiger partial charge in [-0.05, 0) is 17.4 Å². The molecule has 0 bridgehead atoms. The first-order valence-corrected chi connectivity index (χ1v) is 15.3. The summed E-state index contributed by atoms with van der Waals surface area (Å²) < 4.78 is 10.5. The Labute approximate surface area is 254 Å². The van der Waals surface area contributed by atoms with Crippen molar-refractivity contribution in [3.63, 3.8) is 0 Å². The number of carbonyl (C=O) groups excluding carboxylic acids is 5. The van der Waals surface area contributed by atoms with E-state index in [1.165, 1.54) is 28.4 Å². The standard InChI is InChI=1S/C28H26ClN3O8S2/c1-38-20(34)14-39-31-21(18(33)13-29)25(35)30-22-26(36)32-23(19(41-2)15-42-27(22)32)28(37)40-24(16-9-5-3-6-10-16)17-11-7-4-8-12-17/h3-12,22,24,27H,13-15H2,1-2H3,(H,30,35)/t22?,27-/m0/s1. The van der Waals surface area contributed by atoms with Crippen LogP contribution in [0.15, 0.2) is 76.4 Å². The second kappa shape index (κ2) is 14.4. The minimum Gasteiger partial charge on any atom is -0.466 e. The summed E-state index contributed by atoms with van der Waals surface area (Å²) in [5, 5.41) is 5.27. The van der Waals surface area contributed by atoms with Gasteiger partial charge in [0.25, 0.3) is 11.8 Å². The van der Waals surface area contributed by atoms with Gasteiger partial charge in [0.2, 0.25) is 18.1 Å². The molecule has 42 heavy (non-hydrogen) atoms. The molecular formula is C28H26ClN3O8S2. The first kappa shape index (κ1) is 31.1. The van der Waals surface area contributed by atoms with Crippen molar-refractivity contribution in [3.05, 3.63) is 82.4 Å². The van der Waals surface area contributed by atoms with Crippen LogP contribution in [0.4, 0.5) is 0 Å². The normalized spacial score (nSPS) is 18.1. The van der Waals surface area contributed by atoms with Crippen molar-refractivity contribution < 1.29 is 38.3 Å². The zero-order chi connectivity index (χ0) is 30.2. The number of fused-ring (bicyclic) bond motifs is 1. The van der Waals surface area contributed by atoms with E-state index in [0.29, 0.717) is 10.7 Å². The fraction of sp³-hybridized carbons (Fsp3) is 0.286. The van der Waals surface area contributed by atoms with Gasteiger partial charge in [-0.15, -0.1) is 35.1 Å². The lowest BCUT2D eigenvalue weighted by molar-refractivity contribution is -0.154. The van der Waals surface area contributed by atoms with E-state index in [1.807, 2.05) is 60.7 Å². The Morgan fingerprint density at radius 2 is 1.71 bits per heavy atom. The van der Waals surface area contributed by atoms with Gasteiger partial charge in [-0.1, -0.05) is 65.8 Å². The van der Waals surface area contributed by atoms with Crippen molar-refractivity contribution in [1.29, 1.82) is 0 Å². The lowest BCUT2D eigenvalue weighted by atomic mass is 10.0. The number of hydrogen-bond donors (Lipinski definition) is 1. The average molecular weight is 632 g/mol. The number of nitrogens with one attached hydrogen (secondary N) is 1. The van der Waals surface area contributed by atoms with Gasteiger partial charge in [-0.3, -0.25) is 19.3 Å². The zero-order valence-corrected chi connectivity index (χ0v) is 24.9. The van der Waals surface area contributed by atoms with Crippen molar-refractivity contribution in [2.45, 2.75) is 17.5 Å². The molecule has 1 saturated heterocycles. The van der Waals surface area contributed by atoms with Crippen LogP contribution in [0.3, 0.4) is 0 Å². The van der Waals surface area contributed by atoms with E-state index in [1.54, 1.807) is 6.26 Å². The Morgan fingerprint density at radius 3 is 2.26 bits per heavy atom. The van der Waals surface area contributed by atoms with E-state index in [2.05, 4.69) is 15.2 Å². The van der Waals surface area contributed by atoms with E-state index in [4.69, 9.17) is 21.2 Å². The van der Waals surface area contributed by atoms with Crippen molar-refractivity contribution in [3.8, 4) is 0 Å². The Morgan fingerprint density at radius 1 is 1.10 bits per heavy atom. The molecule has 1 fully saturated rings. The van der Waals surface area contributed by atoms with Crippen LogP contribution in [0.5, 0.6) is 0 Å². The Kier molecular flexibility index (Phi) is 10.7. The predicted molar refractivity (Wildman–Crippen MR) is 158 cm³/mol. The summed E-state index contributed by atoms with van der Waals surface area (Å²) >= 11 is 8.27. The smallest absolute Gasteiger partial charge is 0.356 e. The molecule has 4 rings (SSSR count). The van der Waals surface area contributed by atoms with Crippen LogP contribution in [-0.2, 0) is 38.3 Å². The molecule has 1 unspecified atom stereocenters. The van der Waals surface area contributed by atoms with E-state index in [-0.39, 0.29) is 5.70 Å². The molecule has 2 aromatic carbocycles. The number of methoxy groups -OCH3 is 1. The van der Waals surface area contributed by atoms with Gasteiger partial charge in [0.1, 0.15) is 17.1 Å². The Balaban J connectivity index is 1.53. The number of rotatable bonds is 12. The van der Waals surface area contributed by atoms with E-state index in [0.717, 1.165) is 18.2 Å². The molecule has 11 nitrogen and oxygen atoms in total. The van der Waals surface area contributed by atoms with E-state index >= 15 is 0 Å². The lowest BCUT2D eigenvalue weighted by Gasteiger charge is -2.49. The van der Waals surface area contributed by atoms with Gasteiger partial charge in [0, 0.05) is 10.7 Å². The number of nitrogens with zero attached hydrogens (tertiary/aromatic N) is 2. The number of amides is 2. The van der Waals surface area contributed by atoms with Gasteiger partial charge < -0.3 is 19.6 Å². The second-order valence-electron chi connectivity index (χ2n) is 8.79. The van der Waals surface area contributed by atoms with Crippen LogP contribution in [0, 0.1) is 0 Å². The quantitative estimate of drug-likeness (QED) is 0.0928. The number of esters is 2. The molecule has 2 heterocycles. The van der Waals surface area contributed by atoms with Crippen molar-refractivity contribution in [2.24, 2.45) is 5.16 Å². The molecule has 0 spiro atoms. The van der Waals surface area contributed by atoms with Crippen LogP contribution in [-0.4, -0.2) is 83.2 Å². The van der Waals surface area contributed by atoms with Crippen molar-refractivity contribution >= 4 is 70.4 Å². The third-order valence-electron chi connectivity index (χ3n) is 6.26. The first-order valence-electron chi connectivity index (χ1n) is 12.5. The summed E-state index contributed by atoms with van der Waals surface area (Å²) in [5.41, 5.74) is 0.908. The monoisotopic (exact) mass is 631 g/mol. The SMILES string of the molecule is COC(=O)CON=C(C(=O)CCl)C(=O)NC1C(=O)N2C(C(=O)OC(c3ccccc3)c3ccccc3)=C(SC)CS[C@@H]12. The minimum atomic E-state index is -1.07. The summed E-state index contributed by atoms with van der Waals surface area (Å²) in [6, 6.07) is 17.4. The fourth-order valence-corrected chi connectivity index (χ4v) is 6.56. The van der Waals surface area contributed by atoms with Gasteiger partial charge in [-0.2, -0.15) is 0 Å². The van der Waals surface area contributed by atoms with Crippen molar-refractivity contribution in [1.82, 2.24) is 10.2 Å². The van der Waals surface area contributed by atoms with Gasteiger partial charge >= 0.3 is 11.9 Å². The molecule has 2 amide bonds. The molecule has 2 aromatic rings. The maximum absolute atomic E-state index is 13.7. The lowest BCUT2D eigenvalue weighted by Crippen LogP contribution is -2.71. The highest BCUT2D eigenvalue weighted by Gasteiger charge is 2.55. The molecule has 14 heteroatoms. The van der Waals surface area contributed by atoms with Gasteiger partial charge in [0.05, 0.1) is 13.0 Å². The number of hydrogen-bond acceptors (Lipinski definition) is 11. The van der Waals surface area contributed by atoms with Crippen LogP contribution in [0.2, 0.25) is 0 Å². The molecule has 220 valence electrons. The predicted octanol–water partition coefficient (Wildman–Crippen LogP) is 2.65. The Hall–Kier alpha value is -3.81. The molecule has 2 atom stereocenters. The summed E-state index contributed by atoms with van der Waals surface area (Å²) in [4.78, 5) is 70.1. The van der Waals surface area contributed by atoms with Gasteiger partial charge in [-0.25, -0.2) is 9.59 Å². The summed E-state index contributed by atoms with van der Waals surface area (Å²) in [6.45, 7) is -0.641. The largest absolute Gasteiger partial charge is 0.466 e. The third-order valence-corrected chi connectivity index (χ3v) is 8.79. The zero-order valence-electron chi connectivity index (χ0n) is 22.5. The maximum Gasteiger partial charge on any atom is 0.356 e. The molecule has 0 radical (unpaired) electrons. The fourth-order valence-electron chi connectivity index (χ4n) is 4.18. The molecule has 2 aliphatic heterocycles. The number of oxime groups is 1. The van der Waals surface area contributed by atoms with Gasteiger partial charge in [0.15, 0.2) is 6.10 Å². The first-order chi connectivity index (χ1) is 20.3. The molecule has 0 aliphatic carbocycles. The van der Waals surface area contributed by atoms with Crippen LogP contribution in [0.25, 0.3) is 0 Å². The highest BCUT2D eigenvalue weighted by atomic mass is 35.5. The highest BCUT2D eigenvalue weighted by molar-refractivity contribution is 8.05. The van der Waals surface area contributed by atoms with E-state index < -0.39 is 65.3 Å². The number of ketones is 1. The maximum atomic E-state index is 13.7. The number of benzene rings is 2. The highest BCUT2D eigenvalue weighted by Crippen LogP contribution is 2.44. The summed E-state index contributed by atoms with van der Waals surface area (Å²) in [5.74, 6) is -4.12. The molecule has 0 aromatic heterocycles. The number of thioether (sulfide) groups is 2. The number of β-lactam (4-membered cyclic amide) rings is 1. The summed E-state index contributed by atoms with van der Waals surface area (Å²) in [6.07, 6.45) is 1.08. The van der Waals surface area contributed by atoms with Crippen LogP contribution >= 0.6 is 35.1 Å². The number of halogens is 1. The second-order valence-corrected chi connectivity index (χ2v) is 11.1. The van der Waals surface area contributed by atoms with Crippen LogP contribution in [0.1, 0.15) is 17.2 Å². The van der Waals surface area contributed by atoms with Crippen LogP contribution < -0.4 is 5.32 Å². The third kappa shape index (κ3) is 6.80. The summed E-state index contributed by atoms with van der Waals surface area (Å²) in [7, 11) is 1.13. The number of carbonyl (C=O) groups is 5. The Bertz CT molecular complexity index is 1380. The molecule has 2 aliphatic rings. The topological polar surface area (TPSA) is 141 Å². The molecule has 1 N–H and O–H groups in total. The average Bonchev–Trinajstić information content (AvgIpc) is 3.03. The van der Waals surface area contributed by atoms with Crippen molar-refractivity contribution in [2.75, 3.05) is 31.6 Å². The molecule has 0 saturated carbocycles. The minimum absolute atomic E-state index is 0.103. The molecular weight excluding hydrogens is 606 g/mol. The van der Waals surface area contributed by atoms with E-state index in [9.17, 15) is 24.0 Å². The number of alkyl halides is 1. The number of Topliss-reactive ketones (excluding diaryl/α,β-unsaturated/α-hetero) is 1. The number of ether oxygens (including phenoxy) is 2.